The Hall–Kier alpha value is -3.00. The van der Waals surface area contributed by atoms with Gasteiger partial charge in [-0.15, -0.1) is 0 Å². The van der Waals surface area contributed by atoms with E-state index in [9.17, 15) is 0 Å². The van der Waals surface area contributed by atoms with E-state index in [4.69, 9.17) is 0 Å². The molecule has 0 aliphatic rings. The Labute approximate surface area is 128 Å². The Kier molecular flexibility index (Phi) is 3.13. The van der Waals surface area contributed by atoms with Gasteiger partial charge in [0.05, 0.1) is 11.2 Å². The van der Waals surface area contributed by atoms with Gasteiger partial charge in [-0.25, -0.2) is 0 Å². The summed E-state index contributed by atoms with van der Waals surface area (Å²) in [4.78, 5) is 8.82. The molecular formula is C20H14N2. The van der Waals surface area contributed by atoms with Crippen LogP contribution in [0, 0.1) is 0 Å². The van der Waals surface area contributed by atoms with Gasteiger partial charge in [0.25, 0.3) is 0 Å². The van der Waals surface area contributed by atoms with Crippen molar-refractivity contribution in [1.29, 1.82) is 0 Å². The molecule has 0 unspecified atom stereocenters. The standard InChI is InChI=1S/C20H14N2/c1-2-5-18-14-22-19(13-16(18)4-1)9-7-15-8-10-20-17(12-15)6-3-11-21-20/h1-14H/b9-7+. The van der Waals surface area contributed by atoms with Crippen LogP contribution in [-0.4, -0.2) is 9.97 Å². The van der Waals surface area contributed by atoms with E-state index in [0.29, 0.717) is 0 Å². The molecule has 0 N–H and O–H groups in total. The summed E-state index contributed by atoms with van der Waals surface area (Å²) in [6.07, 6.45) is 7.86. The van der Waals surface area contributed by atoms with Crippen LogP contribution in [0.4, 0.5) is 0 Å². The number of hydrogen-bond donors (Lipinski definition) is 0. The highest BCUT2D eigenvalue weighted by atomic mass is 14.7. The highest BCUT2D eigenvalue weighted by Gasteiger charge is 1.96. The van der Waals surface area contributed by atoms with Gasteiger partial charge < -0.3 is 0 Å². The number of aromatic nitrogens is 2. The van der Waals surface area contributed by atoms with E-state index < -0.39 is 0 Å². The maximum absolute atomic E-state index is 4.49. The van der Waals surface area contributed by atoms with Gasteiger partial charge in [-0.3, -0.25) is 9.97 Å². The molecule has 2 heterocycles. The predicted molar refractivity (Wildman–Crippen MR) is 92.4 cm³/mol. The molecule has 22 heavy (non-hydrogen) atoms. The van der Waals surface area contributed by atoms with Crippen molar-refractivity contribution in [2.45, 2.75) is 0 Å². The third-order valence-corrected chi connectivity index (χ3v) is 3.73. The van der Waals surface area contributed by atoms with E-state index in [1.807, 2.05) is 42.7 Å². The smallest absolute Gasteiger partial charge is 0.0702 e. The summed E-state index contributed by atoms with van der Waals surface area (Å²) in [5, 5.41) is 3.52. The van der Waals surface area contributed by atoms with Crippen LogP contribution in [0.2, 0.25) is 0 Å². The molecule has 0 radical (unpaired) electrons. The topological polar surface area (TPSA) is 25.8 Å². The summed E-state index contributed by atoms with van der Waals surface area (Å²) in [7, 11) is 0. The molecule has 0 spiro atoms. The minimum Gasteiger partial charge on any atom is -0.256 e. The molecule has 0 bridgehead atoms. The Morgan fingerprint density at radius 1 is 0.682 bits per heavy atom. The third kappa shape index (κ3) is 2.47. The molecule has 2 aromatic carbocycles. The normalized spacial score (nSPS) is 11.5. The minimum atomic E-state index is 0.963. The molecule has 0 saturated carbocycles. The summed E-state index contributed by atoms with van der Waals surface area (Å²) in [6, 6.07) is 20.7. The van der Waals surface area contributed by atoms with Crippen LogP contribution in [0.5, 0.6) is 0 Å². The highest BCUT2D eigenvalue weighted by molar-refractivity contribution is 5.85. The molecule has 104 valence electrons. The Balaban J connectivity index is 1.68. The lowest BCUT2D eigenvalue weighted by Gasteiger charge is -2.00. The minimum absolute atomic E-state index is 0.963. The van der Waals surface area contributed by atoms with Gasteiger partial charge in [0.15, 0.2) is 0 Å². The summed E-state index contributed by atoms with van der Waals surface area (Å²) < 4.78 is 0. The predicted octanol–water partition coefficient (Wildman–Crippen LogP) is 4.95. The lowest BCUT2D eigenvalue weighted by molar-refractivity contribution is 1.33. The number of hydrogen-bond acceptors (Lipinski definition) is 2. The molecule has 0 aliphatic carbocycles. The van der Waals surface area contributed by atoms with E-state index in [0.717, 1.165) is 27.5 Å². The van der Waals surface area contributed by atoms with E-state index in [1.54, 1.807) is 0 Å². The molecule has 4 aromatic rings. The van der Waals surface area contributed by atoms with Crippen LogP contribution in [-0.2, 0) is 0 Å². The molecule has 2 aromatic heterocycles. The molecule has 0 amide bonds. The van der Waals surface area contributed by atoms with Gasteiger partial charge in [-0.05, 0) is 41.3 Å². The van der Waals surface area contributed by atoms with Gasteiger partial charge in [-0.1, -0.05) is 42.5 Å². The molecule has 0 atom stereocenters. The maximum Gasteiger partial charge on any atom is 0.0702 e. The number of fused-ring (bicyclic) bond motifs is 2. The largest absolute Gasteiger partial charge is 0.256 e. The maximum atomic E-state index is 4.49. The summed E-state index contributed by atoms with van der Waals surface area (Å²) in [6.45, 7) is 0. The quantitative estimate of drug-likeness (QED) is 0.519. The molecule has 4 rings (SSSR count). The first kappa shape index (κ1) is 12.7. The van der Waals surface area contributed by atoms with Crippen molar-refractivity contribution in [3.05, 3.63) is 84.3 Å². The zero-order valence-electron chi connectivity index (χ0n) is 12.0. The highest BCUT2D eigenvalue weighted by Crippen LogP contribution is 2.17. The van der Waals surface area contributed by atoms with Crippen molar-refractivity contribution in [2.24, 2.45) is 0 Å². The number of pyridine rings is 2. The van der Waals surface area contributed by atoms with Gasteiger partial charge in [0.1, 0.15) is 0 Å². The van der Waals surface area contributed by atoms with Crippen LogP contribution < -0.4 is 0 Å². The van der Waals surface area contributed by atoms with E-state index >= 15 is 0 Å². The third-order valence-electron chi connectivity index (χ3n) is 3.73. The van der Waals surface area contributed by atoms with E-state index in [2.05, 4.69) is 52.4 Å². The zero-order valence-corrected chi connectivity index (χ0v) is 12.0. The average Bonchev–Trinajstić information content (AvgIpc) is 2.59. The fraction of sp³-hybridized carbons (Fsp3) is 0. The van der Waals surface area contributed by atoms with Crippen molar-refractivity contribution in [1.82, 2.24) is 9.97 Å². The number of rotatable bonds is 2. The number of nitrogens with zero attached hydrogens (tertiary/aromatic N) is 2. The summed E-state index contributed by atoms with van der Waals surface area (Å²) >= 11 is 0. The number of benzene rings is 2. The van der Waals surface area contributed by atoms with Gasteiger partial charge in [0.2, 0.25) is 0 Å². The second-order valence-electron chi connectivity index (χ2n) is 5.25. The Morgan fingerprint density at radius 2 is 1.55 bits per heavy atom. The second kappa shape index (κ2) is 5.41. The molecule has 0 fully saturated rings. The lowest BCUT2D eigenvalue weighted by atomic mass is 10.1. The van der Waals surface area contributed by atoms with Gasteiger partial charge in [0, 0.05) is 23.2 Å². The van der Waals surface area contributed by atoms with Crippen molar-refractivity contribution in [3.8, 4) is 0 Å². The zero-order chi connectivity index (χ0) is 14.8. The fourth-order valence-corrected chi connectivity index (χ4v) is 2.57. The van der Waals surface area contributed by atoms with Crippen molar-refractivity contribution in [3.63, 3.8) is 0 Å². The Bertz CT molecular complexity index is 905. The van der Waals surface area contributed by atoms with Crippen molar-refractivity contribution >= 4 is 33.8 Å². The fourth-order valence-electron chi connectivity index (χ4n) is 2.57. The van der Waals surface area contributed by atoms with Gasteiger partial charge >= 0.3 is 0 Å². The van der Waals surface area contributed by atoms with E-state index in [1.165, 1.54) is 5.39 Å². The first-order chi connectivity index (χ1) is 10.9. The SMILES string of the molecule is C(=C\c1cc2ccccc2cn1)/c1ccc2ncccc2c1. The summed E-state index contributed by atoms with van der Waals surface area (Å²) in [5.74, 6) is 0. The van der Waals surface area contributed by atoms with Crippen LogP contribution in [0.3, 0.4) is 0 Å². The first-order valence-corrected chi connectivity index (χ1v) is 7.26. The molecule has 2 nitrogen and oxygen atoms in total. The van der Waals surface area contributed by atoms with Crippen LogP contribution in [0.15, 0.2) is 73.1 Å². The van der Waals surface area contributed by atoms with Gasteiger partial charge in [-0.2, -0.15) is 0 Å². The Morgan fingerprint density at radius 3 is 2.50 bits per heavy atom. The van der Waals surface area contributed by atoms with Crippen LogP contribution in [0.1, 0.15) is 11.3 Å². The molecule has 0 aliphatic heterocycles. The molecular weight excluding hydrogens is 268 g/mol. The lowest BCUT2D eigenvalue weighted by Crippen LogP contribution is -1.82. The van der Waals surface area contributed by atoms with Crippen LogP contribution in [0.25, 0.3) is 33.8 Å². The van der Waals surface area contributed by atoms with Crippen molar-refractivity contribution < 1.29 is 0 Å². The second-order valence-corrected chi connectivity index (χ2v) is 5.25. The summed E-state index contributed by atoms with van der Waals surface area (Å²) in [5.41, 5.74) is 3.13. The molecule has 0 saturated heterocycles. The van der Waals surface area contributed by atoms with Crippen LogP contribution >= 0.6 is 0 Å². The average molecular weight is 282 g/mol. The monoisotopic (exact) mass is 282 g/mol. The molecule has 2 heteroatoms. The van der Waals surface area contributed by atoms with E-state index in [-0.39, 0.29) is 0 Å². The van der Waals surface area contributed by atoms with Crippen molar-refractivity contribution in [2.75, 3.05) is 0 Å². The first-order valence-electron chi connectivity index (χ1n) is 7.26.